The Hall–Kier alpha value is -0.380. The van der Waals surface area contributed by atoms with Crippen molar-refractivity contribution in [1.82, 2.24) is 4.90 Å². The summed E-state index contributed by atoms with van der Waals surface area (Å²) in [5.41, 5.74) is -0.415. The Morgan fingerprint density at radius 2 is 2.07 bits per heavy atom. The molecule has 1 fully saturated rings. The van der Waals surface area contributed by atoms with Gasteiger partial charge in [-0.2, -0.15) is 12.6 Å². The minimum atomic E-state index is -0.415. The third-order valence-electron chi connectivity index (χ3n) is 2.33. The van der Waals surface area contributed by atoms with Gasteiger partial charge in [-0.3, -0.25) is 0 Å². The molecule has 0 bridgehead atoms. The number of rotatable bonds is 0. The number of ether oxygens (including phenoxy) is 1. The summed E-state index contributed by atoms with van der Waals surface area (Å²) in [4.78, 5) is 13.5. The first-order chi connectivity index (χ1) is 6.70. The molecule has 4 heteroatoms. The fourth-order valence-corrected chi connectivity index (χ4v) is 2.03. The molecular formula is C11H21NO2S. The van der Waals surface area contributed by atoms with Crippen LogP contribution in [0.3, 0.4) is 0 Å². The predicted molar refractivity (Wildman–Crippen MR) is 64.4 cm³/mol. The van der Waals surface area contributed by atoms with Crippen molar-refractivity contribution in [1.29, 1.82) is 0 Å². The van der Waals surface area contributed by atoms with E-state index in [1.807, 2.05) is 20.8 Å². The predicted octanol–water partition coefficient (Wildman–Crippen LogP) is 2.71. The van der Waals surface area contributed by atoms with Gasteiger partial charge >= 0.3 is 6.09 Å². The Kier molecular flexibility index (Phi) is 3.59. The van der Waals surface area contributed by atoms with Crippen molar-refractivity contribution < 1.29 is 9.53 Å². The van der Waals surface area contributed by atoms with E-state index in [0.717, 1.165) is 19.4 Å². The van der Waals surface area contributed by atoms with Crippen LogP contribution in [0.25, 0.3) is 0 Å². The van der Waals surface area contributed by atoms with Crippen LogP contribution in [0.5, 0.6) is 0 Å². The number of carbonyl (C=O) groups is 1. The number of amides is 1. The molecule has 0 aromatic heterocycles. The summed E-state index contributed by atoms with van der Waals surface area (Å²) in [5.74, 6) is 0. The molecule has 0 saturated carbocycles. The lowest BCUT2D eigenvalue weighted by Gasteiger charge is -2.37. The summed E-state index contributed by atoms with van der Waals surface area (Å²) < 4.78 is 5.25. The monoisotopic (exact) mass is 231 g/mol. The van der Waals surface area contributed by atoms with Gasteiger partial charge < -0.3 is 9.64 Å². The summed E-state index contributed by atoms with van der Waals surface area (Å²) in [6.45, 7) is 9.17. The van der Waals surface area contributed by atoms with E-state index in [1.54, 1.807) is 4.90 Å². The molecular weight excluding hydrogens is 210 g/mol. The van der Waals surface area contributed by atoms with Crippen molar-refractivity contribution in [3.05, 3.63) is 0 Å². The van der Waals surface area contributed by atoms with Gasteiger partial charge in [-0.25, -0.2) is 4.79 Å². The SMILES string of the molecule is CC(C)(C)OC(=O)N1CCC[C@@](C)(S)C1. The lowest BCUT2D eigenvalue weighted by molar-refractivity contribution is 0.0192. The number of nitrogens with zero attached hydrogens (tertiary/aromatic N) is 1. The second kappa shape index (κ2) is 4.24. The fourth-order valence-electron chi connectivity index (χ4n) is 1.70. The third kappa shape index (κ3) is 4.33. The van der Waals surface area contributed by atoms with Gasteiger partial charge in [0.15, 0.2) is 0 Å². The van der Waals surface area contributed by atoms with Gasteiger partial charge in [-0.05, 0) is 40.5 Å². The highest BCUT2D eigenvalue weighted by molar-refractivity contribution is 7.81. The second-order valence-corrected chi connectivity index (χ2v) is 6.58. The molecule has 1 heterocycles. The molecule has 0 radical (unpaired) electrons. The maximum atomic E-state index is 11.8. The van der Waals surface area contributed by atoms with Crippen molar-refractivity contribution in [3.8, 4) is 0 Å². The summed E-state index contributed by atoms with van der Waals surface area (Å²) in [7, 11) is 0. The maximum Gasteiger partial charge on any atom is 0.410 e. The van der Waals surface area contributed by atoms with Crippen LogP contribution in [-0.4, -0.2) is 34.4 Å². The third-order valence-corrected chi connectivity index (χ3v) is 2.69. The number of hydrogen-bond acceptors (Lipinski definition) is 3. The van der Waals surface area contributed by atoms with E-state index >= 15 is 0 Å². The lowest BCUT2D eigenvalue weighted by Crippen LogP contribution is -2.47. The van der Waals surface area contributed by atoms with Crippen molar-refractivity contribution in [2.24, 2.45) is 0 Å². The maximum absolute atomic E-state index is 11.8. The molecule has 0 unspecified atom stereocenters. The fraction of sp³-hybridized carbons (Fsp3) is 0.909. The first-order valence-electron chi connectivity index (χ1n) is 5.40. The van der Waals surface area contributed by atoms with E-state index in [4.69, 9.17) is 4.74 Å². The first kappa shape index (κ1) is 12.7. The zero-order valence-corrected chi connectivity index (χ0v) is 10.9. The quantitative estimate of drug-likeness (QED) is 0.650. The number of likely N-dealkylation sites (tertiary alicyclic amines) is 1. The average molecular weight is 231 g/mol. The van der Waals surface area contributed by atoms with Crippen LogP contribution < -0.4 is 0 Å². The molecule has 0 aromatic carbocycles. The normalized spacial score (nSPS) is 27.7. The molecule has 1 saturated heterocycles. The van der Waals surface area contributed by atoms with E-state index < -0.39 is 5.60 Å². The average Bonchev–Trinajstić information content (AvgIpc) is 1.99. The first-order valence-corrected chi connectivity index (χ1v) is 5.85. The number of hydrogen-bond donors (Lipinski definition) is 1. The molecule has 0 spiro atoms. The zero-order valence-electron chi connectivity index (χ0n) is 10.0. The van der Waals surface area contributed by atoms with Crippen molar-refractivity contribution in [2.75, 3.05) is 13.1 Å². The summed E-state index contributed by atoms with van der Waals surface area (Å²) in [6.07, 6.45) is 1.83. The Morgan fingerprint density at radius 3 is 2.53 bits per heavy atom. The molecule has 1 atom stereocenters. The van der Waals surface area contributed by atoms with Crippen LogP contribution in [0.2, 0.25) is 0 Å². The largest absolute Gasteiger partial charge is 0.444 e. The molecule has 15 heavy (non-hydrogen) atoms. The van der Waals surface area contributed by atoms with Gasteiger partial charge in [-0.1, -0.05) is 0 Å². The van der Waals surface area contributed by atoms with Crippen LogP contribution in [0.1, 0.15) is 40.5 Å². The topological polar surface area (TPSA) is 29.5 Å². The molecule has 0 aliphatic carbocycles. The van der Waals surface area contributed by atoms with Crippen LogP contribution >= 0.6 is 12.6 Å². The molecule has 88 valence electrons. The van der Waals surface area contributed by atoms with Gasteiger partial charge in [0.2, 0.25) is 0 Å². The highest BCUT2D eigenvalue weighted by Crippen LogP contribution is 2.27. The smallest absolute Gasteiger partial charge is 0.410 e. The van der Waals surface area contributed by atoms with Gasteiger partial charge in [-0.15, -0.1) is 0 Å². The molecule has 0 aromatic rings. The van der Waals surface area contributed by atoms with Gasteiger partial charge in [0.05, 0.1) is 0 Å². The van der Waals surface area contributed by atoms with E-state index in [2.05, 4.69) is 19.6 Å². The van der Waals surface area contributed by atoms with Crippen molar-refractivity contribution >= 4 is 18.7 Å². The summed E-state index contributed by atoms with van der Waals surface area (Å²) in [6, 6.07) is 0. The zero-order chi connectivity index (χ0) is 11.7. The highest BCUT2D eigenvalue weighted by Gasteiger charge is 2.32. The minimum Gasteiger partial charge on any atom is -0.444 e. The summed E-state index contributed by atoms with van der Waals surface area (Å²) >= 11 is 4.53. The van der Waals surface area contributed by atoms with E-state index in [1.165, 1.54) is 0 Å². The van der Waals surface area contributed by atoms with Gasteiger partial charge in [0.1, 0.15) is 5.60 Å². The molecule has 3 nitrogen and oxygen atoms in total. The molecule has 1 aliphatic rings. The number of thiol groups is 1. The molecule has 1 amide bonds. The number of piperidine rings is 1. The standard InChI is InChI=1S/C11H21NO2S/c1-10(2,3)14-9(13)12-7-5-6-11(4,15)8-12/h15H,5-8H2,1-4H3/t11-/m1/s1. The van der Waals surface area contributed by atoms with Gasteiger partial charge in [0, 0.05) is 17.8 Å². The molecule has 1 rings (SSSR count). The van der Waals surface area contributed by atoms with Crippen LogP contribution in [0.15, 0.2) is 0 Å². The lowest BCUT2D eigenvalue weighted by atomic mass is 9.99. The molecule has 1 aliphatic heterocycles. The second-order valence-electron chi connectivity index (χ2n) is 5.50. The van der Waals surface area contributed by atoms with Gasteiger partial charge in [0.25, 0.3) is 0 Å². The number of carbonyl (C=O) groups excluding carboxylic acids is 1. The Balaban J connectivity index is 2.53. The Bertz CT molecular complexity index is 245. The van der Waals surface area contributed by atoms with E-state index in [-0.39, 0.29) is 10.8 Å². The Morgan fingerprint density at radius 1 is 1.47 bits per heavy atom. The van der Waals surface area contributed by atoms with Crippen LogP contribution in [0.4, 0.5) is 4.79 Å². The minimum absolute atomic E-state index is 0.0743. The Labute approximate surface area is 97.6 Å². The highest BCUT2D eigenvalue weighted by atomic mass is 32.1. The van der Waals surface area contributed by atoms with Crippen LogP contribution in [-0.2, 0) is 4.74 Å². The van der Waals surface area contributed by atoms with Crippen LogP contribution in [0, 0.1) is 0 Å². The van der Waals surface area contributed by atoms with E-state index in [0.29, 0.717) is 6.54 Å². The van der Waals surface area contributed by atoms with Crippen molar-refractivity contribution in [3.63, 3.8) is 0 Å². The van der Waals surface area contributed by atoms with E-state index in [9.17, 15) is 4.79 Å². The summed E-state index contributed by atoms with van der Waals surface area (Å²) in [5, 5.41) is 0. The molecule has 0 N–H and O–H groups in total. The van der Waals surface area contributed by atoms with Crippen molar-refractivity contribution in [2.45, 2.75) is 50.9 Å².